The van der Waals surface area contributed by atoms with Crippen molar-refractivity contribution in [3.8, 4) is 28.7 Å². The van der Waals surface area contributed by atoms with Crippen LogP contribution >= 0.6 is 0 Å². The Morgan fingerprint density at radius 2 is 1.65 bits per heavy atom. The number of ether oxygens (including phenoxy) is 2. The first-order valence-electron chi connectivity index (χ1n) is 6.96. The molecule has 3 aromatic rings. The quantitative estimate of drug-likeness (QED) is 0.807. The van der Waals surface area contributed by atoms with Crippen LogP contribution in [-0.4, -0.2) is 19.2 Å². The molecule has 1 aromatic heterocycles. The summed E-state index contributed by atoms with van der Waals surface area (Å²) in [7, 11) is 3.13. The number of nitrogens with zero attached hydrogens (tertiary/aromatic N) is 1. The molecule has 114 valence electrons. The van der Waals surface area contributed by atoms with Crippen LogP contribution in [0.1, 0.15) is 5.56 Å². The highest BCUT2D eigenvalue weighted by Crippen LogP contribution is 2.29. The van der Waals surface area contributed by atoms with E-state index in [-0.39, 0.29) is 5.56 Å². The van der Waals surface area contributed by atoms with Crippen LogP contribution in [0.5, 0.6) is 11.5 Å². The van der Waals surface area contributed by atoms with Gasteiger partial charge in [0.15, 0.2) is 0 Å². The molecule has 0 amide bonds. The number of H-pyrrole nitrogens is 1. The van der Waals surface area contributed by atoms with Crippen molar-refractivity contribution in [1.29, 1.82) is 5.26 Å². The van der Waals surface area contributed by atoms with Gasteiger partial charge < -0.3 is 14.5 Å². The van der Waals surface area contributed by atoms with E-state index in [1.807, 2.05) is 0 Å². The molecule has 1 heterocycles. The largest absolute Gasteiger partial charge is 0.497 e. The van der Waals surface area contributed by atoms with Crippen LogP contribution in [0.2, 0.25) is 0 Å². The third-order valence-corrected chi connectivity index (χ3v) is 3.71. The van der Waals surface area contributed by atoms with E-state index in [1.54, 1.807) is 56.7 Å². The summed E-state index contributed by atoms with van der Waals surface area (Å²) in [6, 6.07) is 14.4. The normalized spacial score (nSPS) is 10.3. The monoisotopic (exact) mass is 306 g/mol. The SMILES string of the molecule is COc1ccc(-c2c(C#N)c3cc(OC)ccc3[nH]c2=O)cc1. The van der Waals surface area contributed by atoms with Gasteiger partial charge in [0.2, 0.25) is 0 Å². The van der Waals surface area contributed by atoms with Crippen LogP contribution < -0.4 is 15.0 Å². The molecular weight excluding hydrogens is 292 g/mol. The van der Waals surface area contributed by atoms with Gasteiger partial charge in [-0.3, -0.25) is 4.79 Å². The highest BCUT2D eigenvalue weighted by Gasteiger charge is 2.15. The summed E-state index contributed by atoms with van der Waals surface area (Å²) >= 11 is 0. The van der Waals surface area contributed by atoms with Crippen molar-refractivity contribution in [2.45, 2.75) is 0 Å². The zero-order valence-corrected chi connectivity index (χ0v) is 12.7. The molecule has 0 radical (unpaired) electrons. The Morgan fingerprint density at radius 1 is 1.00 bits per heavy atom. The molecule has 2 aromatic carbocycles. The summed E-state index contributed by atoms with van der Waals surface area (Å²) in [4.78, 5) is 15.3. The van der Waals surface area contributed by atoms with Crippen molar-refractivity contribution < 1.29 is 9.47 Å². The van der Waals surface area contributed by atoms with E-state index in [0.29, 0.717) is 39.1 Å². The second-order valence-corrected chi connectivity index (χ2v) is 4.96. The number of nitrogens with one attached hydrogen (secondary N) is 1. The molecule has 0 spiro atoms. The Kier molecular flexibility index (Phi) is 3.73. The summed E-state index contributed by atoms with van der Waals surface area (Å²) in [5.41, 5.74) is 1.63. The number of nitriles is 1. The Labute approximate surface area is 132 Å². The highest BCUT2D eigenvalue weighted by molar-refractivity contribution is 5.92. The third kappa shape index (κ3) is 2.51. The summed E-state index contributed by atoms with van der Waals surface area (Å²) in [5, 5.41) is 10.2. The Hall–Kier alpha value is -3.26. The highest BCUT2D eigenvalue weighted by atomic mass is 16.5. The molecule has 0 aliphatic heterocycles. The lowest BCUT2D eigenvalue weighted by atomic mass is 9.98. The lowest BCUT2D eigenvalue weighted by Crippen LogP contribution is -2.11. The van der Waals surface area contributed by atoms with E-state index in [0.717, 1.165) is 0 Å². The van der Waals surface area contributed by atoms with E-state index in [9.17, 15) is 10.1 Å². The van der Waals surface area contributed by atoms with E-state index in [2.05, 4.69) is 11.1 Å². The van der Waals surface area contributed by atoms with Gasteiger partial charge in [0, 0.05) is 10.9 Å². The van der Waals surface area contributed by atoms with Crippen molar-refractivity contribution in [2.75, 3.05) is 14.2 Å². The van der Waals surface area contributed by atoms with Crippen LogP contribution in [0.15, 0.2) is 47.3 Å². The number of hydrogen-bond acceptors (Lipinski definition) is 4. The number of aromatic amines is 1. The number of aromatic nitrogens is 1. The second-order valence-electron chi connectivity index (χ2n) is 4.96. The van der Waals surface area contributed by atoms with E-state index >= 15 is 0 Å². The molecule has 5 nitrogen and oxygen atoms in total. The predicted molar refractivity (Wildman–Crippen MR) is 87.8 cm³/mol. The number of rotatable bonds is 3. The lowest BCUT2D eigenvalue weighted by Gasteiger charge is -2.09. The summed E-state index contributed by atoms with van der Waals surface area (Å²) in [6.45, 7) is 0. The van der Waals surface area contributed by atoms with Crippen molar-refractivity contribution in [1.82, 2.24) is 4.98 Å². The van der Waals surface area contributed by atoms with Crippen LogP contribution in [0.25, 0.3) is 22.0 Å². The van der Waals surface area contributed by atoms with Gasteiger partial charge in [0.25, 0.3) is 5.56 Å². The van der Waals surface area contributed by atoms with E-state index in [1.165, 1.54) is 0 Å². The lowest BCUT2D eigenvalue weighted by molar-refractivity contribution is 0.415. The third-order valence-electron chi connectivity index (χ3n) is 3.71. The fraction of sp³-hybridized carbons (Fsp3) is 0.111. The second kappa shape index (κ2) is 5.85. The van der Waals surface area contributed by atoms with Gasteiger partial charge in [-0.05, 0) is 35.9 Å². The Balaban J connectivity index is 2.33. The van der Waals surface area contributed by atoms with Gasteiger partial charge in [-0.15, -0.1) is 0 Å². The van der Waals surface area contributed by atoms with Gasteiger partial charge in [0.1, 0.15) is 17.6 Å². The minimum Gasteiger partial charge on any atom is -0.497 e. The minimum atomic E-state index is -0.301. The average molecular weight is 306 g/mol. The first-order chi connectivity index (χ1) is 11.2. The molecule has 1 N–H and O–H groups in total. The molecule has 0 fully saturated rings. The zero-order valence-electron chi connectivity index (χ0n) is 12.7. The maximum atomic E-state index is 12.5. The number of pyridine rings is 1. The zero-order chi connectivity index (χ0) is 16.4. The average Bonchev–Trinajstić information content (AvgIpc) is 2.60. The maximum absolute atomic E-state index is 12.5. The standard InChI is InChI=1S/C18H14N2O3/c1-22-12-5-3-11(4-6-12)17-15(10-19)14-9-13(23-2)7-8-16(14)20-18(17)21/h3-9H,1-2H3,(H,20,21). The number of methoxy groups -OCH3 is 2. The molecule has 0 saturated heterocycles. The molecule has 23 heavy (non-hydrogen) atoms. The fourth-order valence-electron chi connectivity index (χ4n) is 2.55. The molecule has 0 atom stereocenters. The van der Waals surface area contributed by atoms with Gasteiger partial charge in [-0.2, -0.15) is 5.26 Å². The van der Waals surface area contributed by atoms with Gasteiger partial charge >= 0.3 is 0 Å². The molecule has 0 aliphatic rings. The van der Waals surface area contributed by atoms with Crippen LogP contribution in [-0.2, 0) is 0 Å². The first-order valence-corrected chi connectivity index (χ1v) is 6.96. The number of fused-ring (bicyclic) bond motifs is 1. The fourth-order valence-corrected chi connectivity index (χ4v) is 2.55. The molecule has 3 rings (SSSR count). The topological polar surface area (TPSA) is 75.1 Å². The predicted octanol–water partition coefficient (Wildman–Crippen LogP) is 3.08. The van der Waals surface area contributed by atoms with Crippen molar-refractivity contribution in [2.24, 2.45) is 0 Å². The van der Waals surface area contributed by atoms with Crippen molar-refractivity contribution >= 4 is 10.9 Å². The van der Waals surface area contributed by atoms with Gasteiger partial charge in [-0.1, -0.05) is 12.1 Å². The minimum absolute atomic E-state index is 0.301. The smallest absolute Gasteiger partial charge is 0.257 e. The van der Waals surface area contributed by atoms with E-state index < -0.39 is 0 Å². The first kappa shape index (κ1) is 14.7. The summed E-state index contributed by atoms with van der Waals surface area (Å²) < 4.78 is 10.3. The molecule has 0 aliphatic carbocycles. The van der Waals surface area contributed by atoms with Gasteiger partial charge in [0.05, 0.1) is 25.3 Å². The van der Waals surface area contributed by atoms with Gasteiger partial charge in [-0.25, -0.2) is 0 Å². The molecule has 0 bridgehead atoms. The van der Waals surface area contributed by atoms with Crippen molar-refractivity contribution in [3.05, 3.63) is 58.4 Å². The van der Waals surface area contributed by atoms with Crippen LogP contribution in [0, 0.1) is 11.3 Å². The van der Waals surface area contributed by atoms with E-state index in [4.69, 9.17) is 9.47 Å². The number of benzene rings is 2. The summed E-state index contributed by atoms with van der Waals surface area (Å²) in [6.07, 6.45) is 0. The summed E-state index contributed by atoms with van der Waals surface area (Å²) in [5.74, 6) is 1.31. The molecule has 0 saturated carbocycles. The van der Waals surface area contributed by atoms with Crippen LogP contribution in [0.3, 0.4) is 0 Å². The molecule has 5 heteroatoms. The van der Waals surface area contributed by atoms with Crippen molar-refractivity contribution in [3.63, 3.8) is 0 Å². The van der Waals surface area contributed by atoms with Crippen LogP contribution in [0.4, 0.5) is 0 Å². The molecule has 0 unspecified atom stereocenters. The molecular formula is C18H14N2O3. The maximum Gasteiger partial charge on any atom is 0.257 e. The number of hydrogen-bond donors (Lipinski definition) is 1. The Morgan fingerprint density at radius 3 is 2.26 bits per heavy atom. The Bertz CT molecular complexity index is 966.